The minimum atomic E-state index is -1.24. The summed E-state index contributed by atoms with van der Waals surface area (Å²) in [5, 5.41) is 28.0. The van der Waals surface area contributed by atoms with Gasteiger partial charge in [0.25, 0.3) is 11.8 Å². The van der Waals surface area contributed by atoms with E-state index in [9.17, 15) is 19.5 Å². The summed E-state index contributed by atoms with van der Waals surface area (Å²) in [5.41, 5.74) is 4.86. The number of nitrogens with one attached hydrogen (secondary N) is 1. The SMILES string of the molecule is Nc1nc(/C(=N/O)C(=O)N[C@@H]2C(=O)N3C(C(=O)O)=C(Sc4cnns4)CC[C@H]23)ns1. The number of nitrogens with two attached hydrogens (primary N) is 1. The van der Waals surface area contributed by atoms with E-state index in [1.807, 2.05) is 0 Å². The number of oxime groups is 1. The van der Waals surface area contributed by atoms with E-state index in [1.165, 1.54) is 22.9 Å². The number of carbonyl (C=O) groups is 3. The molecule has 30 heavy (non-hydrogen) atoms. The lowest BCUT2D eigenvalue weighted by Gasteiger charge is -2.49. The van der Waals surface area contributed by atoms with Crippen LogP contribution < -0.4 is 11.1 Å². The zero-order valence-electron chi connectivity index (χ0n) is 14.8. The van der Waals surface area contributed by atoms with Crippen molar-refractivity contribution in [3.63, 3.8) is 0 Å². The van der Waals surface area contributed by atoms with Gasteiger partial charge in [0, 0.05) is 16.4 Å². The normalized spacial score (nSPS) is 21.3. The predicted molar refractivity (Wildman–Crippen MR) is 105 cm³/mol. The Morgan fingerprint density at radius 3 is 2.80 bits per heavy atom. The van der Waals surface area contributed by atoms with Crippen LogP contribution in [0.3, 0.4) is 0 Å². The minimum absolute atomic E-state index is 0.0783. The van der Waals surface area contributed by atoms with E-state index in [0.29, 0.717) is 22.0 Å². The van der Waals surface area contributed by atoms with Gasteiger partial charge in [0.05, 0.1) is 12.2 Å². The molecule has 0 aromatic carbocycles. The third kappa shape index (κ3) is 3.48. The number of thioether (sulfide) groups is 1. The van der Waals surface area contributed by atoms with Crippen LogP contribution in [0.25, 0.3) is 0 Å². The molecule has 2 aliphatic heterocycles. The molecule has 5 N–H and O–H groups in total. The molecule has 156 valence electrons. The summed E-state index contributed by atoms with van der Waals surface area (Å²) in [5.74, 6) is -2.86. The molecule has 0 unspecified atom stereocenters. The number of hydrogen-bond donors (Lipinski definition) is 4. The highest BCUT2D eigenvalue weighted by atomic mass is 32.2. The van der Waals surface area contributed by atoms with Gasteiger partial charge in [-0.2, -0.15) is 9.36 Å². The van der Waals surface area contributed by atoms with Gasteiger partial charge in [0.15, 0.2) is 5.13 Å². The molecule has 2 aliphatic rings. The highest BCUT2D eigenvalue weighted by Crippen LogP contribution is 2.43. The highest BCUT2D eigenvalue weighted by molar-refractivity contribution is 8.04. The fourth-order valence-electron chi connectivity index (χ4n) is 3.19. The molecule has 2 amide bonds. The first-order valence-corrected chi connectivity index (χ1v) is 10.6. The van der Waals surface area contributed by atoms with Crippen LogP contribution in [0.4, 0.5) is 5.13 Å². The maximum Gasteiger partial charge on any atom is 0.353 e. The number of β-lactam (4-membered cyclic amide) rings is 1. The molecule has 0 saturated carbocycles. The number of rotatable bonds is 6. The first kappa shape index (κ1) is 20.2. The third-order valence-corrected chi connectivity index (χ3v) is 6.84. The predicted octanol–water partition coefficient (Wildman–Crippen LogP) is -0.272. The number of nitrogens with zero attached hydrogens (tertiary/aromatic N) is 6. The smallest absolute Gasteiger partial charge is 0.353 e. The Labute approximate surface area is 180 Å². The van der Waals surface area contributed by atoms with Gasteiger partial charge in [-0.25, -0.2) is 4.79 Å². The van der Waals surface area contributed by atoms with Gasteiger partial charge in [0.2, 0.25) is 11.5 Å². The summed E-state index contributed by atoms with van der Waals surface area (Å²) in [7, 11) is 0. The molecule has 16 heteroatoms. The minimum Gasteiger partial charge on any atom is -0.477 e. The van der Waals surface area contributed by atoms with Gasteiger partial charge in [0.1, 0.15) is 15.9 Å². The lowest BCUT2D eigenvalue weighted by atomic mass is 9.86. The second kappa shape index (κ2) is 7.96. The number of aromatic nitrogens is 4. The molecular formula is C14H12N8O5S3. The average Bonchev–Trinajstić information content (AvgIpc) is 3.38. The number of carbonyl (C=O) groups excluding carboxylic acids is 2. The molecule has 0 radical (unpaired) electrons. The Bertz CT molecular complexity index is 1080. The second-order valence-corrected chi connectivity index (χ2v) is 9.05. The van der Waals surface area contributed by atoms with Crippen LogP contribution in [-0.4, -0.2) is 69.7 Å². The topological polar surface area (TPSA) is 197 Å². The molecule has 0 bridgehead atoms. The lowest BCUT2D eigenvalue weighted by molar-refractivity contribution is -0.155. The molecule has 1 fully saturated rings. The number of allylic oxidation sites excluding steroid dienone is 1. The molecule has 0 spiro atoms. The number of carboxylic acid groups (broad SMARTS) is 1. The fraction of sp³-hybridized carbons (Fsp3) is 0.286. The van der Waals surface area contributed by atoms with E-state index in [4.69, 9.17) is 10.9 Å². The van der Waals surface area contributed by atoms with Crippen molar-refractivity contribution in [2.75, 3.05) is 5.73 Å². The Morgan fingerprint density at radius 1 is 1.40 bits per heavy atom. The van der Waals surface area contributed by atoms with Crippen molar-refractivity contribution < 1.29 is 24.7 Å². The summed E-state index contributed by atoms with van der Waals surface area (Å²) in [4.78, 5) is 42.4. The number of nitrogen functional groups attached to an aromatic ring is 1. The quantitative estimate of drug-likeness (QED) is 0.188. The summed E-state index contributed by atoms with van der Waals surface area (Å²) in [6, 6.07) is -1.50. The van der Waals surface area contributed by atoms with Crippen molar-refractivity contribution in [2.24, 2.45) is 5.16 Å². The molecule has 2 aromatic heterocycles. The van der Waals surface area contributed by atoms with Crippen LogP contribution in [0.15, 0.2) is 26.2 Å². The van der Waals surface area contributed by atoms with E-state index < -0.39 is 35.6 Å². The third-order valence-electron chi connectivity index (χ3n) is 4.41. The van der Waals surface area contributed by atoms with Gasteiger partial charge < -0.3 is 21.4 Å². The summed E-state index contributed by atoms with van der Waals surface area (Å²) in [6.07, 6.45) is 2.36. The molecule has 2 aromatic rings. The van der Waals surface area contributed by atoms with Crippen molar-refractivity contribution in [1.29, 1.82) is 0 Å². The van der Waals surface area contributed by atoms with Crippen LogP contribution in [0.2, 0.25) is 0 Å². The van der Waals surface area contributed by atoms with Crippen molar-refractivity contribution in [2.45, 2.75) is 29.1 Å². The molecule has 1 saturated heterocycles. The van der Waals surface area contributed by atoms with Crippen LogP contribution in [0.1, 0.15) is 18.7 Å². The van der Waals surface area contributed by atoms with Gasteiger partial charge in [-0.3, -0.25) is 14.5 Å². The molecule has 0 aliphatic carbocycles. The summed E-state index contributed by atoms with van der Waals surface area (Å²) >= 11 is 3.14. The van der Waals surface area contributed by atoms with Crippen LogP contribution >= 0.6 is 34.8 Å². The molecular weight excluding hydrogens is 456 g/mol. The van der Waals surface area contributed by atoms with Gasteiger partial charge >= 0.3 is 5.97 Å². The van der Waals surface area contributed by atoms with Crippen molar-refractivity contribution in [3.05, 3.63) is 22.6 Å². The molecule has 4 rings (SSSR count). The van der Waals surface area contributed by atoms with E-state index in [1.54, 1.807) is 0 Å². The number of amides is 2. The first-order chi connectivity index (χ1) is 14.4. The monoisotopic (exact) mass is 468 g/mol. The molecule has 2 atom stereocenters. The standard InChI is InChI=1S/C14H12N8O5S3/c15-14-18-10(20-30-14)8(19-27)11(23)17-7-4-1-2-5(28-6-3-16-21-29-6)9(13(25)26)22(4)12(7)24/h3-4,7,27H,1-2H2,(H,17,23)(H,25,26)(H2,15,18,20)/b19-8-/t4-,7+/m1/s1. The first-order valence-electron chi connectivity index (χ1n) is 8.28. The van der Waals surface area contributed by atoms with E-state index >= 15 is 0 Å². The number of carboxylic acids is 1. The van der Waals surface area contributed by atoms with Gasteiger partial charge in [-0.05, 0) is 24.4 Å². The highest BCUT2D eigenvalue weighted by Gasteiger charge is 2.54. The number of hydrogen-bond acceptors (Lipinski definition) is 13. The maximum absolute atomic E-state index is 12.7. The summed E-state index contributed by atoms with van der Waals surface area (Å²) < 4.78 is 8.25. The van der Waals surface area contributed by atoms with Crippen LogP contribution in [0.5, 0.6) is 0 Å². The molecule has 13 nitrogen and oxygen atoms in total. The number of anilines is 1. The van der Waals surface area contributed by atoms with Crippen LogP contribution in [0, 0.1) is 0 Å². The van der Waals surface area contributed by atoms with E-state index in [-0.39, 0.29) is 16.7 Å². The largest absolute Gasteiger partial charge is 0.477 e. The Kier molecular flexibility index (Phi) is 5.35. The number of fused-ring (bicyclic) bond motifs is 1. The second-order valence-electron chi connectivity index (χ2n) is 6.09. The van der Waals surface area contributed by atoms with Crippen LogP contribution in [-0.2, 0) is 14.4 Å². The average molecular weight is 469 g/mol. The zero-order valence-corrected chi connectivity index (χ0v) is 17.2. The van der Waals surface area contributed by atoms with E-state index in [2.05, 4.69) is 29.4 Å². The maximum atomic E-state index is 12.7. The molecule has 4 heterocycles. The Hall–Kier alpha value is -3.11. The van der Waals surface area contributed by atoms with Gasteiger partial charge in [-0.1, -0.05) is 21.4 Å². The van der Waals surface area contributed by atoms with Crippen molar-refractivity contribution in [1.82, 2.24) is 29.2 Å². The fourth-order valence-corrected chi connectivity index (χ4v) is 5.28. The lowest BCUT2D eigenvalue weighted by Crippen LogP contribution is -2.72. The summed E-state index contributed by atoms with van der Waals surface area (Å²) in [6.45, 7) is 0. The number of aliphatic carboxylic acids is 1. The van der Waals surface area contributed by atoms with Crippen molar-refractivity contribution in [3.8, 4) is 0 Å². The zero-order chi connectivity index (χ0) is 21.4. The van der Waals surface area contributed by atoms with Gasteiger partial charge in [-0.15, -0.1) is 5.10 Å². The Balaban J connectivity index is 1.52. The Morgan fingerprint density at radius 2 is 2.20 bits per heavy atom. The van der Waals surface area contributed by atoms with E-state index in [0.717, 1.165) is 23.1 Å². The van der Waals surface area contributed by atoms with Crippen molar-refractivity contribution >= 4 is 63.5 Å².